The lowest BCUT2D eigenvalue weighted by molar-refractivity contribution is 0.412. The number of benzene rings is 1. The number of hydrogen-bond donors (Lipinski definition) is 0. The van der Waals surface area contributed by atoms with E-state index in [1.54, 1.807) is 25.3 Å². The molecule has 56 valence electrons. The second kappa shape index (κ2) is 3.58. The number of nitriles is 1. The Morgan fingerprint density at radius 2 is 2.27 bits per heavy atom. The van der Waals surface area contributed by atoms with Gasteiger partial charge in [0.1, 0.15) is 5.75 Å². The smallest absolute Gasteiger partial charge is 0.132 e. The van der Waals surface area contributed by atoms with E-state index in [1.807, 2.05) is 0 Å². The molecule has 0 N–H and O–H groups in total. The van der Waals surface area contributed by atoms with Crippen LogP contribution in [0.4, 0.5) is 0 Å². The molecule has 0 saturated carbocycles. The molecular weight excluding hydrogens is 253 g/mol. The lowest BCUT2D eigenvalue weighted by Gasteiger charge is -2.01. The Morgan fingerprint density at radius 1 is 1.55 bits per heavy atom. The fraction of sp³-hybridized carbons (Fsp3) is 0.125. The van der Waals surface area contributed by atoms with Gasteiger partial charge in [-0.3, -0.25) is 0 Å². The van der Waals surface area contributed by atoms with Crippen molar-refractivity contribution in [3.8, 4) is 11.8 Å². The average molecular weight is 259 g/mol. The standard InChI is InChI=1S/C8H6INO/c1-11-8-3-2-6(5-10)4-7(8)9/h2-4H,1H3. The fourth-order valence-corrected chi connectivity index (χ4v) is 1.47. The third-order valence-corrected chi connectivity index (χ3v) is 2.12. The summed E-state index contributed by atoms with van der Waals surface area (Å²) in [5, 5.41) is 8.53. The molecule has 0 atom stereocenters. The van der Waals surface area contributed by atoms with Crippen LogP contribution in [-0.2, 0) is 0 Å². The molecule has 11 heavy (non-hydrogen) atoms. The fourth-order valence-electron chi connectivity index (χ4n) is 0.736. The van der Waals surface area contributed by atoms with E-state index in [-0.39, 0.29) is 0 Å². The van der Waals surface area contributed by atoms with Gasteiger partial charge in [0.05, 0.1) is 22.3 Å². The number of hydrogen-bond acceptors (Lipinski definition) is 2. The van der Waals surface area contributed by atoms with Crippen LogP contribution in [0.15, 0.2) is 18.2 Å². The van der Waals surface area contributed by atoms with Gasteiger partial charge < -0.3 is 4.74 Å². The Bertz CT molecular complexity index is 303. The zero-order chi connectivity index (χ0) is 8.27. The van der Waals surface area contributed by atoms with Gasteiger partial charge in [-0.15, -0.1) is 0 Å². The largest absolute Gasteiger partial charge is 0.496 e. The van der Waals surface area contributed by atoms with Crippen molar-refractivity contribution in [1.82, 2.24) is 0 Å². The molecule has 0 aliphatic rings. The summed E-state index contributed by atoms with van der Waals surface area (Å²) in [4.78, 5) is 0. The number of rotatable bonds is 1. The second-order valence-electron chi connectivity index (χ2n) is 1.96. The molecule has 0 radical (unpaired) electrons. The molecule has 1 aromatic carbocycles. The summed E-state index contributed by atoms with van der Waals surface area (Å²) in [5.74, 6) is 0.810. The summed E-state index contributed by atoms with van der Waals surface area (Å²) in [6, 6.07) is 7.38. The molecule has 2 nitrogen and oxygen atoms in total. The maximum Gasteiger partial charge on any atom is 0.132 e. The van der Waals surface area contributed by atoms with E-state index >= 15 is 0 Å². The lowest BCUT2D eigenvalue weighted by atomic mass is 10.2. The maximum atomic E-state index is 8.53. The van der Waals surface area contributed by atoms with E-state index in [0.29, 0.717) is 5.56 Å². The van der Waals surface area contributed by atoms with E-state index in [1.165, 1.54) is 0 Å². The SMILES string of the molecule is COc1ccc(C#N)cc1I. The number of methoxy groups -OCH3 is 1. The van der Waals surface area contributed by atoms with Crippen LogP contribution in [0.25, 0.3) is 0 Å². The van der Waals surface area contributed by atoms with Gasteiger partial charge in [-0.25, -0.2) is 0 Å². The van der Waals surface area contributed by atoms with Gasteiger partial charge in [0, 0.05) is 0 Å². The third-order valence-electron chi connectivity index (χ3n) is 1.28. The third kappa shape index (κ3) is 1.84. The minimum Gasteiger partial charge on any atom is -0.496 e. The van der Waals surface area contributed by atoms with Crippen molar-refractivity contribution < 1.29 is 4.74 Å². The van der Waals surface area contributed by atoms with E-state index in [4.69, 9.17) is 10.00 Å². The highest BCUT2D eigenvalue weighted by Crippen LogP contribution is 2.20. The Balaban J connectivity index is 3.12. The molecule has 0 spiro atoms. The van der Waals surface area contributed by atoms with E-state index < -0.39 is 0 Å². The van der Waals surface area contributed by atoms with Crippen LogP contribution in [0.3, 0.4) is 0 Å². The van der Waals surface area contributed by atoms with Crippen LogP contribution in [0.5, 0.6) is 5.75 Å². The van der Waals surface area contributed by atoms with Gasteiger partial charge in [0.15, 0.2) is 0 Å². The lowest BCUT2D eigenvalue weighted by Crippen LogP contribution is -1.86. The van der Waals surface area contributed by atoms with Crippen molar-refractivity contribution in [2.45, 2.75) is 0 Å². The van der Waals surface area contributed by atoms with Crippen LogP contribution in [-0.4, -0.2) is 7.11 Å². The Labute approximate surface area is 78.9 Å². The molecule has 0 aliphatic carbocycles. The number of ether oxygens (including phenoxy) is 1. The molecule has 1 rings (SSSR count). The normalized spacial score (nSPS) is 8.82. The van der Waals surface area contributed by atoms with Crippen molar-refractivity contribution in [3.63, 3.8) is 0 Å². The highest BCUT2D eigenvalue weighted by Gasteiger charge is 1.98. The predicted octanol–water partition coefficient (Wildman–Crippen LogP) is 2.17. The van der Waals surface area contributed by atoms with Crippen molar-refractivity contribution in [2.24, 2.45) is 0 Å². The summed E-state index contributed by atoms with van der Waals surface area (Å²) < 4.78 is 5.99. The van der Waals surface area contributed by atoms with Crippen molar-refractivity contribution in [2.75, 3.05) is 7.11 Å². The van der Waals surface area contributed by atoms with Gasteiger partial charge in [-0.05, 0) is 40.8 Å². The van der Waals surface area contributed by atoms with Crippen LogP contribution in [0.2, 0.25) is 0 Å². The Morgan fingerprint density at radius 3 is 2.73 bits per heavy atom. The second-order valence-corrected chi connectivity index (χ2v) is 3.12. The molecule has 0 amide bonds. The Kier molecular flexibility index (Phi) is 2.71. The monoisotopic (exact) mass is 259 g/mol. The molecule has 0 heterocycles. The van der Waals surface area contributed by atoms with Gasteiger partial charge >= 0.3 is 0 Å². The van der Waals surface area contributed by atoms with Gasteiger partial charge in [0.2, 0.25) is 0 Å². The summed E-state index contributed by atoms with van der Waals surface area (Å²) >= 11 is 2.13. The van der Waals surface area contributed by atoms with Crippen molar-refractivity contribution >= 4 is 22.6 Å². The van der Waals surface area contributed by atoms with Crippen LogP contribution < -0.4 is 4.74 Å². The molecule has 0 aliphatic heterocycles. The van der Waals surface area contributed by atoms with E-state index in [2.05, 4.69) is 28.7 Å². The number of nitrogens with zero attached hydrogens (tertiary/aromatic N) is 1. The minimum atomic E-state index is 0.662. The first-order chi connectivity index (χ1) is 5.27. The summed E-state index contributed by atoms with van der Waals surface area (Å²) in [6.07, 6.45) is 0. The first kappa shape index (κ1) is 8.34. The first-order valence-electron chi connectivity index (χ1n) is 3.01. The molecule has 1 aromatic rings. The van der Waals surface area contributed by atoms with E-state index in [9.17, 15) is 0 Å². The molecule has 0 fully saturated rings. The van der Waals surface area contributed by atoms with Gasteiger partial charge in [0.25, 0.3) is 0 Å². The topological polar surface area (TPSA) is 33.0 Å². The van der Waals surface area contributed by atoms with Crippen molar-refractivity contribution in [1.29, 1.82) is 5.26 Å². The average Bonchev–Trinajstić information content (AvgIpc) is 2.04. The molecular formula is C8H6INO. The molecule has 0 unspecified atom stereocenters. The molecule has 0 bridgehead atoms. The molecule has 0 saturated heterocycles. The molecule has 3 heteroatoms. The Hall–Kier alpha value is -0.760. The maximum absolute atomic E-state index is 8.53. The van der Waals surface area contributed by atoms with Gasteiger partial charge in [-0.1, -0.05) is 0 Å². The zero-order valence-corrected chi connectivity index (χ0v) is 8.12. The highest BCUT2D eigenvalue weighted by molar-refractivity contribution is 14.1. The zero-order valence-electron chi connectivity index (χ0n) is 5.97. The summed E-state index contributed by atoms with van der Waals surface area (Å²) in [6.45, 7) is 0. The first-order valence-corrected chi connectivity index (χ1v) is 4.09. The van der Waals surface area contributed by atoms with Crippen molar-refractivity contribution in [3.05, 3.63) is 27.3 Å². The summed E-state index contributed by atoms with van der Waals surface area (Å²) in [7, 11) is 1.61. The minimum absolute atomic E-state index is 0.662. The van der Waals surface area contributed by atoms with Crippen LogP contribution in [0.1, 0.15) is 5.56 Å². The van der Waals surface area contributed by atoms with E-state index in [0.717, 1.165) is 9.32 Å². The van der Waals surface area contributed by atoms with Crippen LogP contribution in [0, 0.1) is 14.9 Å². The summed E-state index contributed by atoms with van der Waals surface area (Å²) in [5.41, 5.74) is 0.662. The predicted molar refractivity (Wildman–Crippen MR) is 50.4 cm³/mol. The van der Waals surface area contributed by atoms with Gasteiger partial charge in [-0.2, -0.15) is 5.26 Å². The number of halogens is 1. The highest BCUT2D eigenvalue weighted by atomic mass is 127. The molecule has 0 aromatic heterocycles. The quantitative estimate of drug-likeness (QED) is 0.724. The van der Waals surface area contributed by atoms with Crippen LogP contribution >= 0.6 is 22.6 Å².